The summed E-state index contributed by atoms with van der Waals surface area (Å²) in [6.07, 6.45) is 2.07. The van der Waals surface area contributed by atoms with Crippen molar-refractivity contribution < 1.29 is 4.74 Å². The largest absolute Gasteiger partial charge is 0.496 e. The van der Waals surface area contributed by atoms with Crippen LogP contribution in [0.15, 0.2) is 23.3 Å². The molecule has 0 aliphatic carbocycles. The SMILES string of the molecule is CCc1c(-c2ccc(C)c(C)c2OC)nc[nH]c1=O. The Hall–Kier alpha value is -2.10. The van der Waals surface area contributed by atoms with Crippen molar-refractivity contribution in [3.8, 4) is 17.0 Å². The molecule has 100 valence electrons. The number of hydrogen-bond acceptors (Lipinski definition) is 3. The topological polar surface area (TPSA) is 55.0 Å². The number of hydrogen-bond donors (Lipinski definition) is 1. The molecular formula is C15H18N2O2. The van der Waals surface area contributed by atoms with E-state index >= 15 is 0 Å². The second-order valence-corrected chi connectivity index (χ2v) is 4.50. The number of ether oxygens (including phenoxy) is 1. The van der Waals surface area contributed by atoms with Crippen molar-refractivity contribution in [1.82, 2.24) is 9.97 Å². The maximum absolute atomic E-state index is 11.9. The molecule has 0 saturated heterocycles. The lowest BCUT2D eigenvalue weighted by molar-refractivity contribution is 0.413. The summed E-state index contributed by atoms with van der Waals surface area (Å²) in [5.41, 5.74) is 4.39. The van der Waals surface area contributed by atoms with Gasteiger partial charge in [-0.25, -0.2) is 4.98 Å². The first-order valence-corrected chi connectivity index (χ1v) is 6.31. The molecule has 4 heteroatoms. The van der Waals surface area contributed by atoms with Crippen LogP contribution in [0.2, 0.25) is 0 Å². The number of nitrogens with one attached hydrogen (secondary N) is 1. The summed E-state index contributed by atoms with van der Waals surface area (Å²) >= 11 is 0. The van der Waals surface area contributed by atoms with Crippen LogP contribution in [0.3, 0.4) is 0 Å². The van der Waals surface area contributed by atoms with Crippen LogP contribution in [0, 0.1) is 13.8 Å². The molecule has 0 radical (unpaired) electrons. The number of aryl methyl sites for hydroxylation is 1. The summed E-state index contributed by atoms with van der Waals surface area (Å²) in [6, 6.07) is 3.98. The fourth-order valence-electron chi connectivity index (χ4n) is 2.23. The van der Waals surface area contributed by atoms with E-state index in [0.29, 0.717) is 17.7 Å². The summed E-state index contributed by atoms with van der Waals surface area (Å²) in [5, 5.41) is 0. The van der Waals surface area contributed by atoms with Crippen LogP contribution in [-0.2, 0) is 6.42 Å². The first-order valence-electron chi connectivity index (χ1n) is 6.31. The highest BCUT2D eigenvalue weighted by Gasteiger charge is 2.16. The fraction of sp³-hybridized carbons (Fsp3) is 0.333. The van der Waals surface area contributed by atoms with Crippen LogP contribution < -0.4 is 10.3 Å². The van der Waals surface area contributed by atoms with Crippen molar-refractivity contribution in [2.75, 3.05) is 7.11 Å². The normalized spacial score (nSPS) is 10.5. The lowest BCUT2D eigenvalue weighted by atomic mass is 9.99. The average molecular weight is 258 g/mol. The van der Waals surface area contributed by atoms with Gasteiger partial charge in [0.15, 0.2) is 0 Å². The third kappa shape index (κ3) is 2.26. The van der Waals surface area contributed by atoms with Gasteiger partial charge in [0.05, 0.1) is 19.1 Å². The minimum absolute atomic E-state index is 0.0900. The average Bonchev–Trinajstić information content (AvgIpc) is 2.41. The molecule has 1 aromatic carbocycles. The van der Waals surface area contributed by atoms with Crippen LogP contribution in [0.4, 0.5) is 0 Å². The molecule has 0 atom stereocenters. The summed E-state index contributed by atoms with van der Waals surface area (Å²) < 4.78 is 5.50. The van der Waals surface area contributed by atoms with E-state index in [-0.39, 0.29) is 5.56 Å². The number of nitrogens with zero attached hydrogens (tertiary/aromatic N) is 1. The lowest BCUT2D eigenvalue weighted by Gasteiger charge is -2.14. The van der Waals surface area contributed by atoms with E-state index < -0.39 is 0 Å². The summed E-state index contributed by atoms with van der Waals surface area (Å²) in [4.78, 5) is 18.8. The van der Waals surface area contributed by atoms with Crippen molar-refractivity contribution in [3.63, 3.8) is 0 Å². The Labute approximate surface area is 112 Å². The van der Waals surface area contributed by atoms with Gasteiger partial charge >= 0.3 is 0 Å². The molecule has 2 rings (SSSR count). The fourth-order valence-corrected chi connectivity index (χ4v) is 2.23. The highest BCUT2D eigenvalue weighted by Crippen LogP contribution is 2.34. The predicted octanol–water partition coefficient (Wildman–Crippen LogP) is 2.62. The van der Waals surface area contributed by atoms with Gasteiger partial charge in [-0.2, -0.15) is 0 Å². The first-order chi connectivity index (χ1) is 9.10. The molecule has 0 aliphatic rings. The highest BCUT2D eigenvalue weighted by atomic mass is 16.5. The number of benzene rings is 1. The molecule has 2 aromatic rings. The highest BCUT2D eigenvalue weighted by molar-refractivity contribution is 5.72. The third-order valence-corrected chi connectivity index (χ3v) is 3.44. The van der Waals surface area contributed by atoms with Gasteiger partial charge in [0.25, 0.3) is 5.56 Å². The number of aromatic nitrogens is 2. The number of rotatable bonds is 3. The zero-order chi connectivity index (χ0) is 14.0. The molecule has 0 spiro atoms. The van der Waals surface area contributed by atoms with Gasteiger partial charge in [-0.05, 0) is 37.5 Å². The second kappa shape index (κ2) is 5.26. The van der Waals surface area contributed by atoms with Gasteiger partial charge in [-0.3, -0.25) is 4.79 Å². The van der Waals surface area contributed by atoms with E-state index in [1.165, 1.54) is 6.33 Å². The molecule has 4 nitrogen and oxygen atoms in total. The Bertz CT molecular complexity index is 660. The molecule has 0 unspecified atom stereocenters. The first kappa shape index (κ1) is 13.3. The molecule has 0 saturated carbocycles. The monoisotopic (exact) mass is 258 g/mol. The van der Waals surface area contributed by atoms with E-state index in [1.807, 2.05) is 32.9 Å². The molecule has 1 N–H and O–H groups in total. The Morgan fingerprint density at radius 2 is 2.05 bits per heavy atom. The van der Waals surface area contributed by atoms with E-state index in [9.17, 15) is 4.79 Å². The van der Waals surface area contributed by atoms with Crippen LogP contribution in [0.1, 0.15) is 23.6 Å². The third-order valence-electron chi connectivity index (χ3n) is 3.44. The predicted molar refractivity (Wildman–Crippen MR) is 75.7 cm³/mol. The van der Waals surface area contributed by atoms with Crippen molar-refractivity contribution >= 4 is 0 Å². The van der Waals surface area contributed by atoms with Crippen LogP contribution >= 0.6 is 0 Å². The zero-order valence-electron chi connectivity index (χ0n) is 11.7. The second-order valence-electron chi connectivity index (χ2n) is 4.50. The smallest absolute Gasteiger partial charge is 0.254 e. The Kier molecular flexibility index (Phi) is 3.69. The lowest BCUT2D eigenvalue weighted by Crippen LogP contribution is -2.14. The van der Waals surface area contributed by atoms with Gasteiger partial charge in [-0.15, -0.1) is 0 Å². The number of aromatic amines is 1. The van der Waals surface area contributed by atoms with Crippen LogP contribution in [0.5, 0.6) is 5.75 Å². The van der Waals surface area contributed by atoms with Gasteiger partial charge in [0.2, 0.25) is 0 Å². The molecule has 19 heavy (non-hydrogen) atoms. The van der Waals surface area contributed by atoms with Gasteiger partial charge in [0, 0.05) is 11.1 Å². The molecule has 0 bridgehead atoms. The zero-order valence-corrected chi connectivity index (χ0v) is 11.7. The summed E-state index contributed by atoms with van der Waals surface area (Å²) in [6.45, 7) is 5.99. The molecular weight excluding hydrogens is 240 g/mol. The number of methoxy groups -OCH3 is 1. The molecule has 0 aliphatic heterocycles. The summed E-state index contributed by atoms with van der Waals surface area (Å²) in [7, 11) is 1.64. The van der Waals surface area contributed by atoms with E-state index in [0.717, 1.165) is 22.4 Å². The van der Waals surface area contributed by atoms with Gasteiger partial charge in [-0.1, -0.05) is 13.0 Å². The minimum atomic E-state index is -0.0900. The molecule has 0 amide bonds. The standard InChI is InChI=1S/C15H18N2O2/c1-5-11-13(16-8-17-15(11)18)12-7-6-9(2)10(3)14(12)19-4/h6-8H,5H2,1-4H3,(H,16,17,18). The van der Waals surface area contributed by atoms with Crippen molar-refractivity contribution in [2.45, 2.75) is 27.2 Å². The molecule has 0 fully saturated rings. The molecule has 1 aromatic heterocycles. The van der Waals surface area contributed by atoms with Gasteiger partial charge < -0.3 is 9.72 Å². The Morgan fingerprint density at radius 1 is 1.32 bits per heavy atom. The van der Waals surface area contributed by atoms with Gasteiger partial charge in [0.1, 0.15) is 5.75 Å². The number of H-pyrrole nitrogens is 1. The van der Waals surface area contributed by atoms with E-state index in [4.69, 9.17) is 4.74 Å². The Balaban J connectivity index is 2.76. The summed E-state index contributed by atoms with van der Waals surface area (Å²) in [5.74, 6) is 0.785. The van der Waals surface area contributed by atoms with Crippen LogP contribution in [-0.4, -0.2) is 17.1 Å². The van der Waals surface area contributed by atoms with Crippen molar-refractivity contribution in [3.05, 3.63) is 45.5 Å². The molecule has 1 heterocycles. The quantitative estimate of drug-likeness (QED) is 0.920. The van der Waals surface area contributed by atoms with Crippen molar-refractivity contribution in [1.29, 1.82) is 0 Å². The van der Waals surface area contributed by atoms with Crippen molar-refractivity contribution in [2.24, 2.45) is 0 Å². The van der Waals surface area contributed by atoms with Crippen LogP contribution in [0.25, 0.3) is 11.3 Å². The van der Waals surface area contributed by atoms with E-state index in [1.54, 1.807) is 7.11 Å². The van der Waals surface area contributed by atoms with E-state index in [2.05, 4.69) is 9.97 Å². The Morgan fingerprint density at radius 3 is 2.68 bits per heavy atom. The minimum Gasteiger partial charge on any atom is -0.496 e. The maximum Gasteiger partial charge on any atom is 0.254 e. The maximum atomic E-state index is 11.9.